The maximum atomic E-state index is 12.5. The highest BCUT2D eigenvalue weighted by atomic mass is 16.6. The third-order valence-corrected chi connectivity index (χ3v) is 5.95. The lowest BCUT2D eigenvalue weighted by molar-refractivity contribution is -0.160. The van der Waals surface area contributed by atoms with E-state index in [1.807, 2.05) is 0 Å². The summed E-state index contributed by atoms with van der Waals surface area (Å²) in [5, 5.41) is 58.6. The third-order valence-electron chi connectivity index (χ3n) is 5.95. The van der Waals surface area contributed by atoms with Gasteiger partial charge in [-0.05, 0) is 53.1 Å². The minimum atomic E-state index is -1.52. The predicted octanol–water partition coefficient (Wildman–Crippen LogP) is 3.06. The Bertz CT molecular complexity index is 1430. The fourth-order valence-corrected chi connectivity index (χ4v) is 4.13. The number of benzene rings is 3. The van der Waals surface area contributed by atoms with Crippen LogP contribution in [-0.4, -0.2) is 54.7 Å². The zero-order valence-corrected chi connectivity index (χ0v) is 19.5. The zero-order chi connectivity index (χ0) is 27.6. The Kier molecular flexibility index (Phi) is 7.10. The lowest BCUT2D eigenvalue weighted by Gasteiger charge is -2.17. The molecule has 1 aliphatic heterocycles. The molecule has 0 bridgehead atoms. The summed E-state index contributed by atoms with van der Waals surface area (Å²) >= 11 is 0. The average molecular weight is 522 g/mol. The molecule has 0 fully saturated rings. The van der Waals surface area contributed by atoms with Crippen LogP contribution in [0, 0.1) is 0 Å². The molecule has 11 heteroatoms. The fraction of sp³-hybridized carbons (Fsp3) is 0.148. The molecule has 4 rings (SSSR count). The van der Waals surface area contributed by atoms with Crippen LogP contribution in [0.5, 0.6) is 28.7 Å². The number of fused-ring (bicyclic) bond motifs is 1. The van der Waals surface area contributed by atoms with Crippen LogP contribution >= 0.6 is 0 Å². The molecule has 38 heavy (non-hydrogen) atoms. The van der Waals surface area contributed by atoms with Gasteiger partial charge in [-0.1, -0.05) is 24.3 Å². The average Bonchev–Trinajstić information content (AvgIpc) is 3.28. The Hall–Kier alpha value is -5.19. The van der Waals surface area contributed by atoms with Crippen LogP contribution in [0.25, 0.3) is 6.08 Å². The summed E-state index contributed by atoms with van der Waals surface area (Å²) in [6, 6.07) is 12.0. The molecular formula is C27H22O11. The highest BCUT2D eigenvalue weighted by Gasteiger charge is 2.43. The van der Waals surface area contributed by atoms with Crippen LogP contribution < -0.4 is 4.74 Å². The van der Waals surface area contributed by atoms with E-state index in [0.29, 0.717) is 5.56 Å². The standard InChI is InChI=1S/C27H22O11/c28-16-6-1-13(2-7-16)11-20(26(33)34)37-21(32)10-5-14-3-9-18(30)25-22(14)23(27(35)36)24(38-25)15-4-8-17(29)19(31)12-15/h1-10,12,20,23-24,28-31H,11H2,(H,33,34)(H,35,36)/b10-5+/t20-,23+,24-/m1/s1. The molecule has 0 amide bonds. The smallest absolute Gasteiger partial charge is 0.345 e. The van der Waals surface area contributed by atoms with Gasteiger partial charge in [-0.2, -0.15) is 0 Å². The van der Waals surface area contributed by atoms with Crippen molar-refractivity contribution >= 4 is 24.0 Å². The maximum absolute atomic E-state index is 12.5. The van der Waals surface area contributed by atoms with Gasteiger partial charge >= 0.3 is 17.9 Å². The number of hydrogen-bond acceptors (Lipinski definition) is 9. The van der Waals surface area contributed by atoms with Crippen LogP contribution in [0.4, 0.5) is 0 Å². The van der Waals surface area contributed by atoms with Crippen molar-refractivity contribution in [3.05, 3.63) is 82.9 Å². The van der Waals surface area contributed by atoms with E-state index in [9.17, 15) is 45.0 Å². The van der Waals surface area contributed by atoms with Crippen molar-refractivity contribution < 1.29 is 54.5 Å². The molecule has 3 aromatic carbocycles. The lowest BCUT2D eigenvalue weighted by Crippen LogP contribution is -2.28. The largest absolute Gasteiger partial charge is 0.508 e. The highest BCUT2D eigenvalue weighted by Crippen LogP contribution is 2.52. The number of aromatic hydroxyl groups is 4. The van der Waals surface area contributed by atoms with Crippen molar-refractivity contribution in [2.75, 3.05) is 0 Å². The SMILES string of the molecule is O=C(/C=C/c1ccc(O)c2c1[C@H](C(=O)O)[C@@H](c1ccc(O)c(O)c1)O2)O[C@H](Cc1ccc(O)cc1)C(=O)O. The minimum absolute atomic E-state index is 0.00456. The van der Waals surface area contributed by atoms with E-state index in [2.05, 4.69) is 0 Å². The number of carboxylic acids is 2. The molecule has 0 aliphatic carbocycles. The van der Waals surface area contributed by atoms with Gasteiger partial charge in [-0.15, -0.1) is 0 Å². The van der Waals surface area contributed by atoms with E-state index >= 15 is 0 Å². The number of carboxylic acid groups (broad SMARTS) is 2. The number of rotatable bonds is 8. The summed E-state index contributed by atoms with van der Waals surface area (Å²) in [5.74, 6) is -6.46. The van der Waals surface area contributed by atoms with Crippen molar-refractivity contribution in [1.82, 2.24) is 0 Å². The Morgan fingerprint density at radius 2 is 1.58 bits per heavy atom. The second-order valence-electron chi connectivity index (χ2n) is 8.49. The molecule has 0 saturated heterocycles. The summed E-state index contributed by atoms with van der Waals surface area (Å²) in [4.78, 5) is 36.3. The number of carbonyl (C=O) groups is 3. The Labute approximate surface area is 215 Å². The van der Waals surface area contributed by atoms with E-state index in [4.69, 9.17) is 9.47 Å². The van der Waals surface area contributed by atoms with Gasteiger partial charge < -0.3 is 40.1 Å². The van der Waals surface area contributed by atoms with Crippen LogP contribution in [0.15, 0.2) is 60.7 Å². The van der Waals surface area contributed by atoms with Crippen molar-refractivity contribution in [3.63, 3.8) is 0 Å². The summed E-state index contributed by atoms with van der Waals surface area (Å²) < 4.78 is 10.8. The van der Waals surface area contributed by atoms with Gasteiger partial charge in [0.05, 0.1) is 0 Å². The van der Waals surface area contributed by atoms with Crippen molar-refractivity contribution in [2.24, 2.45) is 0 Å². The second-order valence-corrected chi connectivity index (χ2v) is 8.49. The Morgan fingerprint density at radius 3 is 2.21 bits per heavy atom. The van der Waals surface area contributed by atoms with Crippen LogP contribution in [0.3, 0.4) is 0 Å². The molecule has 0 radical (unpaired) electrons. The molecule has 0 saturated carbocycles. The Balaban J connectivity index is 1.59. The van der Waals surface area contributed by atoms with Crippen molar-refractivity contribution in [3.8, 4) is 28.7 Å². The fourth-order valence-electron chi connectivity index (χ4n) is 4.13. The summed E-state index contributed by atoms with van der Waals surface area (Å²) in [6.07, 6.45) is -0.708. The molecule has 11 nitrogen and oxygen atoms in total. The van der Waals surface area contributed by atoms with E-state index in [1.54, 1.807) is 0 Å². The van der Waals surface area contributed by atoms with E-state index < -0.39 is 47.5 Å². The first-order valence-electron chi connectivity index (χ1n) is 11.2. The number of aliphatic carboxylic acids is 2. The molecule has 0 unspecified atom stereocenters. The van der Waals surface area contributed by atoms with E-state index in [-0.39, 0.29) is 40.4 Å². The molecule has 3 atom stereocenters. The van der Waals surface area contributed by atoms with Crippen LogP contribution in [0.2, 0.25) is 0 Å². The molecule has 1 heterocycles. The molecule has 0 spiro atoms. The first kappa shape index (κ1) is 25.9. The zero-order valence-electron chi connectivity index (χ0n) is 19.5. The third kappa shape index (κ3) is 5.31. The molecule has 196 valence electrons. The van der Waals surface area contributed by atoms with Crippen molar-refractivity contribution in [1.29, 1.82) is 0 Å². The topological polar surface area (TPSA) is 191 Å². The molecule has 1 aliphatic rings. The summed E-state index contributed by atoms with van der Waals surface area (Å²) in [6.45, 7) is 0. The number of esters is 1. The summed E-state index contributed by atoms with van der Waals surface area (Å²) in [5.41, 5.74) is 0.975. The van der Waals surface area contributed by atoms with Crippen LogP contribution in [-0.2, 0) is 25.5 Å². The lowest BCUT2D eigenvalue weighted by atomic mass is 9.88. The molecule has 0 aromatic heterocycles. The molecule has 6 N–H and O–H groups in total. The maximum Gasteiger partial charge on any atom is 0.345 e. The van der Waals surface area contributed by atoms with Crippen LogP contribution in [0.1, 0.15) is 34.3 Å². The number of phenolic OH excluding ortho intramolecular Hbond substituents is 4. The Morgan fingerprint density at radius 1 is 0.895 bits per heavy atom. The van der Waals surface area contributed by atoms with Gasteiger partial charge in [0.15, 0.2) is 23.0 Å². The highest BCUT2D eigenvalue weighted by molar-refractivity contribution is 5.91. The van der Waals surface area contributed by atoms with E-state index in [1.165, 1.54) is 54.6 Å². The normalized spacial score (nSPS) is 16.9. The molecular weight excluding hydrogens is 500 g/mol. The van der Waals surface area contributed by atoms with E-state index in [0.717, 1.165) is 12.1 Å². The number of phenols is 4. The van der Waals surface area contributed by atoms with Gasteiger partial charge in [-0.25, -0.2) is 9.59 Å². The van der Waals surface area contributed by atoms with Gasteiger partial charge in [0.25, 0.3) is 0 Å². The van der Waals surface area contributed by atoms with Crippen molar-refractivity contribution in [2.45, 2.75) is 24.5 Å². The first-order chi connectivity index (χ1) is 18.0. The number of ether oxygens (including phenoxy) is 2. The van der Waals surface area contributed by atoms with Gasteiger partial charge in [0, 0.05) is 18.1 Å². The van der Waals surface area contributed by atoms with Gasteiger partial charge in [0.2, 0.25) is 6.10 Å². The quantitative estimate of drug-likeness (QED) is 0.145. The monoisotopic (exact) mass is 522 g/mol. The summed E-state index contributed by atoms with van der Waals surface area (Å²) in [7, 11) is 0. The number of hydrogen-bond donors (Lipinski definition) is 6. The first-order valence-corrected chi connectivity index (χ1v) is 11.2. The molecule has 3 aromatic rings. The number of carbonyl (C=O) groups excluding carboxylic acids is 1. The van der Waals surface area contributed by atoms with Gasteiger partial charge in [0.1, 0.15) is 17.8 Å². The van der Waals surface area contributed by atoms with Gasteiger partial charge in [-0.3, -0.25) is 4.79 Å². The predicted molar refractivity (Wildman–Crippen MR) is 130 cm³/mol. The minimum Gasteiger partial charge on any atom is -0.508 e. The second kappa shape index (κ2) is 10.4.